The van der Waals surface area contributed by atoms with Crippen molar-refractivity contribution in [1.29, 1.82) is 0 Å². The molecule has 0 fully saturated rings. The van der Waals surface area contributed by atoms with Gasteiger partial charge in [-0.15, -0.1) is 0 Å². The lowest BCUT2D eigenvalue weighted by Gasteiger charge is -2.23. The number of hydrogen-bond donors (Lipinski definition) is 0. The molecule has 1 unspecified atom stereocenters. The second-order valence-electron chi connectivity index (χ2n) is 3.37. The van der Waals surface area contributed by atoms with Crippen molar-refractivity contribution in [2.24, 2.45) is 0 Å². The molecule has 0 saturated carbocycles. The molecule has 1 heteroatoms. The van der Waals surface area contributed by atoms with Crippen LogP contribution in [-0.4, -0.2) is 4.57 Å². The monoisotopic (exact) mass is 149 g/mol. The summed E-state index contributed by atoms with van der Waals surface area (Å²) in [7, 11) is 0. The Bertz CT molecular complexity index is 237. The maximum Gasteiger partial charge on any atom is 0.0222 e. The molecule has 1 atom stereocenters. The van der Waals surface area contributed by atoms with Crippen LogP contribution in [0.25, 0.3) is 0 Å². The van der Waals surface area contributed by atoms with E-state index >= 15 is 0 Å². The van der Waals surface area contributed by atoms with Gasteiger partial charge in [0.05, 0.1) is 0 Å². The molecule has 0 bridgehead atoms. The average molecular weight is 149 g/mol. The van der Waals surface area contributed by atoms with E-state index in [1.807, 2.05) is 0 Å². The van der Waals surface area contributed by atoms with Gasteiger partial charge in [0.1, 0.15) is 0 Å². The lowest BCUT2D eigenvalue weighted by molar-refractivity contribution is 0.446. The number of aryl methyl sites for hydroxylation is 1. The first-order valence-electron chi connectivity index (χ1n) is 4.57. The Kier molecular flexibility index (Phi) is 1.72. The van der Waals surface area contributed by atoms with Gasteiger partial charge >= 0.3 is 0 Å². The first-order valence-corrected chi connectivity index (χ1v) is 4.57. The van der Waals surface area contributed by atoms with E-state index in [0.29, 0.717) is 0 Å². The van der Waals surface area contributed by atoms with Crippen LogP contribution < -0.4 is 0 Å². The van der Waals surface area contributed by atoms with E-state index < -0.39 is 0 Å². The summed E-state index contributed by atoms with van der Waals surface area (Å²) in [6, 6.07) is 4.44. The Balaban J connectivity index is 2.32. The summed E-state index contributed by atoms with van der Waals surface area (Å²) in [6.07, 6.45) is 6.25. The lowest BCUT2D eigenvalue weighted by atomic mass is 9.94. The van der Waals surface area contributed by atoms with Gasteiger partial charge in [0.25, 0.3) is 0 Å². The largest absolute Gasteiger partial charge is 0.351 e. The van der Waals surface area contributed by atoms with Crippen LogP contribution in [0.1, 0.15) is 37.8 Å². The van der Waals surface area contributed by atoms with Gasteiger partial charge in [0, 0.05) is 18.4 Å². The Labute approximate surface area is 68.0 Å². The first-order chi connectivity index (χ1) is 5.42. The van der Waals surface area contributed by atoms with Crippen LogP contribution in [0.3, 0.4) is 0 Å². The normalized spacial score (nSPS) is 23.2. The number of hydrogen-bond acceptors (Lipinski definition) is 0. The molecule has 1 aliphatic rings. The molecule has 0 saturated heterocycles. The fourth-order valence-electron chi connectivity index (χ4n) is 2.07. The van der Waals surface area contributed by atoms with Gasteiger partial charge < -0.3 is 4.57 Å². The molecule has 1 aliphatic heterocycles. The topological polar surface area (TPSA) is 4.93 Å². The van der Waals surface area contributed by atoms with Crippen LogP contribution in [0.5, 0.6) is 0 Å². The third kappa shape index (κ3) is 1.09. The molecule has 1 aromatic rings. The molecule has 60 valence electrons. The lowest BCUT2D eigenvalue weighted by Crippen LogP contribution is -2.13. The van der Waals surface area contributed by atoms with Gasteiger partial charge in [-0.05, 0) is 37.3 Å². The van der Waals surface area contributed by atoms with E-state index in [1.165, 1.54) is 25.8 Å². The van der Waals surface area contributed by atoms with Crippen molar-refractivity contribution >= 4 is 0 Å². The molecule has 2 rings (SSSR count). The van der Waals surface area contributed by atoms with Gasteiger partial charge in [-0.1, -0.05) is 6.92 Å². The average Bonchev–Trinajstić information content (AvgIpc) is 2.50. The quantitative estimate of drug-likeness (QED) is 0.578. The Morgan fingerprint density at radius 1 is 1.64 bits per heavy atom. The van der Waals surface area contributed by atoms with Crippen molar-refractivity contribution in [3.05, 3.63) is 24.0 Å². The standard InChI is InChI=1S/C10H15N/c1-2-9-5-3-7-11-8-4-6-10(9)11/h4,6,8-9H,2-3,5,7H2,1H3. The molecule has 1 aromatic heterocycles. The van der Waals surface area contributed by atoms with Gasteiger partial charge in [-0.3, -0.25) is 0 Å². The summed E-state index contributed by atoms with van der Waals surface area (Å²) in [5.74, 6) is 0.832. The van der Waals surface area contributed by atoms with Gasteiger partial charge in [-0.25, -0.2) is 0 Å². The van der Waals surface area contributed by atoms with Crippen molar-refractivity contribution in [3.8, 4) is 0 Å². The second kappa shape index (κ2) is 2.72. The predicted octanol–water partition coefficient (Wildman–Crippen LogP) is 2.78. The molecule has 0 N–H and O–H groups in total. The molecular weight excluding hydrogens is 134 g/mol. The molecule has 2 heterocycles. The molecule has 0 aliphatic carbocycles. The summed E-state index contributed by atoms with van der Waals surface area (Å²) >= 11 is 0. The number of nitrogens with zero attached hydrogens (tertiary/aromatic N) is 1. The van der Waals surface area contributed by atoms with Crippen LogP contribution in [0.15, 0.2) is 18.3 Å². The highest BCUT2D eigenvalue weighted by atomic mass is 15.0. The third-order valence-electron chi connectivity index (χ3n) is 2.73. The summed E-state index contributed by atoms with van der Waals surface area (Å²) in [5.41, 5.74) is 1.55. The Hall–Kier alpha value is -0.720. The molecule has 0 amide bonds. The maximum absolute atomic E-state index is 2.40. The Morgan fingerprint density at radius 2 is 2.55 bits per heavy atom. The van der Waals surface area contributed by atoms with Gasteiger partial charge in [0.2, 0.25) is 0 Å². The van der Waals surface area contributed by atoms with Crippen molar-refractivity contribution in [1.82, 2.24) is 4.57 Å². The van der Waals surface area contributed by atoms with E-state index in [9.17, 15) is 0 Å². The third-order valence-corrected chi connectivity index (χ3v) is 2.73. The fraction of sp³-hybridized carbons (Fsp3) is 0.600. The Morgan fingerprint density at radius 3 is 3.36 bits per heavy atom. The zero-order valence-corrected chi connectivity index (χ0v) is 7.09. The summed E-state index contributed by atoms with van der Waals surface area (Å²) < 4.78 is 2.40. The number of fused-ring (bicyclic) bond motifs is 1. The number of aromatic nitrogens is 1. The second-order valence-corrected chi connectivity index (χ2v) is 3.37. The fourth-order valence-corrected chi connectivity index (χ4v) is 2.07. The smallest absolute Gasteiger partial charge is 0.0222 e. The van der Waals surface area contributed by atoms with E-state index in [4.69, 9.17) is 0 Å². The molecule has 0 radical (unpaired) electrons. The molecule has 0 spiro atoms. The minimum atomic E-state index is 0.832. The SMILES string of the molecule is CCC1CCCn2cccc21. The van der Waals surface area contributed by atoms with Crippen LogP contribution in [0.2, 0.25) is 0 Å². The maximum atomic E-state index is 2.40. The van der Waals surface area contributed by atoms with Gasteiger partial charge in [-0.2, -0.15) is 0 Å². The zero-order chi connectivity index (χ0) is 7.68. The number of rotatable bonds is 1. The minimum Gasteiger partial charge on any atom is -0.351 e. The van der Waals surface area contributed by atoms with E-state index in [2.05, 4.69) is 29.8 Å². The van der Waals surface area contributed by atoms with Crippen molar-refractivity contribution in [3.63, 3.8) is 0 Å². The van der Waals surface area contributed by atoms with E-state index in [-0.39, 0.29) is 0 Å². The van der Waals surface area contributed by atoms with E-state index in [1.54, 1.807) is 5.69 Å². The van der Waals surface area contributed by atoms with Crippen molar-refractivity contribution in [2.45, 2.75) is 38.6 Å². The minimum absolute atomic E-state index is 0.832. The first kappa shape index (κ1) is 6.96. The van der Waals surface area contributed by atoms with Crippen molar-refractivity contribution < 1.29 is 0 Å². The van der Waals surface area contributed by atoms with E-state index in [0.717, 1.165) is 5.92 Å². The van der Waals surface area contributed by atoms with Gasteiger partial charge in [0.15, 0.2) is 0 Å². The highest BCUT2D eigenvalue weighted by molar-refractivity contribution is 5.14. The molecular formula is C10H15N. The van der Waals surface area contributed by atoms with Crippen LogP contribution in [0, 0.1) is 0 Å². The summed E-state index contributed by atoms with van der Waals surface area (Å²) in [6.45, 7) is 3.52. The molecule has 0 aromatic carbocycles. The summed E-state index contributed by atoms with van der Waals surface area (Å²) in [5, 5.41) is 0. The van der Waals surface area contributed by atoms with Crippen LogP contribution in [-0.2, 0) is 6.54 Å². The molecule has 1 nitrogen and oxygen atoms in total. The van der Waals surface area contributed by atoms with Crippen LogP contribution in [0.4, 0.5) is 0 Å². The summed E-state index contributed by atoms with van der Waals surface area (Å²) in [4.78, 5) is 0. The zero-order valence-electron chi connectivity index (χ0n) is 7.09. The van der Waals surface area contributed by atoms with Crippen LogP contribution >= 0.6 is 0 Å². The highest BCUT2D eigenvalue weighted by Crippen LogP contribution is 2.29. The molecule has 11 heavy (non-hydrogen) atoms. The highest BCUT2D eigenvalue weighted by Gasteiger charge is 2.16. The predicted molar refractivity (Wildman–Crippen MR) is 46.7 cm³/mol. The van der Waals surface area contributed by atoms with Crippen molar-refractivity contribution in [2.75, 3.05) is 0 Å².